The maximum atomic E-state index is 12.4. The number of esters is 6. The third-order valence-electron chi connectivity index (χ3n) is 7.46. The highest BCUT2D eigenvalue weighted by molar-refractivity contribution is 5.88. The number of nitrogens with zero attached hydrogens (tertiary/aromatic N) is 2. The third-order valence-corrected chi connectivity index (χ3v) is 7.46. The normalized spacial score (nSPS) is 10.5. The molecule has 0 aliphatic rings. The van der Waals surface area contributed by atoms with E-state index in [4.69, 9.17) is 38.4 Å². The van der Waals surface area contributed by atoms with Gasteiger partial charge in [0.05, 0.1) is 48.1 Å². The summed E-state index contributed by atoms with van der Waals surface area (Å²) in [6, 6.07) is 19.0. The van der Waals surface area contributed by atoms with Crippen molar-refractivity contribution >= 4 is 46.8 Å². The summed E-state index contributed by atoms with van der Waals surface area (Å²) in [7, 11) is 0. The van der Waals surface area contributed by atoms with Crippen LogP contribution in [0.4, 0.5) is 0 Å². The molecule has 1 aromatic heterocycles. The van der Waals surface area contributed by atoms with Crippen LogP contribution in [0.1, 0.15) is 45.1 Å². The van der Waals surface area contributed by atoms with Crippen LogP contribution in [0.2, 0.25) is 0 Å². The number of carbonyl (C=O) groups excluding carboxylic acids is 6. The molecule has 0 atom stereocenters. The second-order valence-corrected chi connectivity index (χ2v) is 12.2. The van der Waals surface area contributed by atoms with Gasteiger partial charge in [-0.05, 0) is 87.0 Å². The SMILES string of the molecule is C=C(C)C(=O)OCCOC(=O)CCC(=O)Oc1ccc(-c2nc3ccc(C)cc3nc2-c2ccc(OC(=O)CCC(=O)OCCOC(=O)C(=C)C)cc2)cc1. The lowest BCUT2D eigenvalue weighted by atomic mass is 10.0. The van der Waals surface area contributed by atoms with Gasteiger partial charge in [-0.25, -0.2) is 19.6 Å². The molecule has 0 amide bonds. The van der Waals surface area contributed by atoms with Crippen LogP contribution in [0.3, 0.4) is 0 Å². The summed E-state index contributed by atoms with van der Waals surface area (Å²) in [4.78, 5) is 81.4. The Hall–Kier alpha value is -6.70. The van der Waals surface area contributed by atoms with E-state index >= 15 is 0 Å². The molecule has 0 aliphatic carbocycles. The summed E-state index contributed by atoms with van der Waals surface area (Å²) in [5.74, 6) is -3.23. The highest BCUT2D eigenvalue weighted by Gasteiger charge is 2.17. The van der Waals surface area contributed by atoms with E-state index in [1.54, 1.807) is 48.5 Å². The van der Waals surface area contributed by atoms with Crippen LogP contribution in [-0.2, 0) is 47.7 Å². The number of hydrogen-bond acceptors (Lipinski definition) is 14. The Morgan fingerprint density at radius 2 is 0.891 bits per heavy atom. The zero-order valence-electron chi connectivity index (χ0n) is 30.7. The lowest BCUT2D eigenvalue weighted by Crippen LogP contribution is -2.16. The minimum Gasteiger partial charge on any atom is -0.462 e. The molecule has 14 nitrogen and oxygen atoms in total. The first-order valence-corrected chi connectivity index (χ1v) is 17.2. The van der Waals surface area contributed by atoms with E-state index < -0.39 is 35.8 Å². The van der Waals surface area contributed by atoms with Gasteiger partial charge in [-0.15, -0.1) is 0 Å². The van der Waals surface area contributed by atoms with E-state index in [0.717, 1.165) is 5.56 Å². The van der Waals surface area contributed by atoms with Gasteiger partial charge >= 0.3 is 35.8 Å². The van der Waals surface area contributed by atoms with Crippen LogP contribution in [0.15, 0.2) is 91.0 Å². The van der Waals surface area contributed by atoms with E-state index in [1.165, 1.54) is 13.8 Å². The first kappa shape index (κ1) is 41.1. The fraction of sp³-hybridized carbons (Fsp3) is 0.268. The quantitative estimate of drug-likeness (QED) is 0.0381. The predicted molar refractivity (Wildman–Crippen MR) is 198 cm³/mol. The van der Waals surface area contributed by atoms with Gasteiger partial charge in [0.2, 0.25) is 0 Å². The molecule has 3 aromatic carbocycles. The summed E-state index contributed by atoms with van der Waals surface area (Å²) in [5.41, 5.74) is 5.24. The number of rotatable bonds is 18. The fourth-order valence-electron chi connectivity index (χ4n) is 4.67. The molecular weight excluding hydrogens is 712 g/mol. The van der Waals surface area contributed by atoms with Crippen molar-refractivity contribution in [2.24, 2.45) is 0 Å². The van der Waals surface area contributed by atoms with Gasteiger partial charge in [0.25, 0.3) is 0 Å². The van der Waals surface area contributed by atoms with E-state index in [-0.39, 0.29) is 74.8 Å². The van der Waals surface area contributed by atoms with Crippen molar-refractivity contribution in [3.8, 4) is 34.0 Å². The Morgan fingerprint density at radius 1 is 0.509 bits per heavy atom. The highest BCUT2D eigenvalue weighted by atomic mass is 16.6. The van der Waals surface area contributed by atoms with Crippen LogP contribution < -0.4 is 9.47 Å². The van der Waals surface area contributed by atoms with Crippen molar-refractivity contribution < 1.29 is 57.2 Å². The fourth-order valence-corrected chi connectivity index (χ4v) is 4.67. The second-order valence-electron chi connectivity index (χ2n) is 12.2. The van der Waals surface area contributed by atoms with Crippen molar-refractivity contribution in [1.82, 2.24) is 9.97 Å². The average Bonchev–Trinajstić information content (AvgIpc) is 3.16. The van der Waals surface area contributed by atoms with Gasteiger partial charge < -0.3 is 28.4 Å². The number of carbonyl (C=O) groups is 6. The number of fused-ring (bicyclic) bond motifs is 1. The standard InChI is InChI=1S/C41H40N2O12/c1-25(2)40(48)52-22-20-50-34(44)16-18-36(46)54-30-11-7-28(8-12-30)38-39(43-33-24-27(5)6-15-32(33)42-38)29-9-13-31(14-10-29)55-37(47)19-17-35(45)51-21-23-53-41(49)26(3)4/h6-15,24H,1,3,16-23H2,2,4-5H3. The van der Waals surface area contributed by atoms with Crippen molar-refractivity contribution in [2.45, 2.75) is 46.5 Å². The number of aromatic nitrogens is 2. The molecule has 286 valence electrons. The summed E-state index contributed by atoms with van der Waals surface area (Å²) >= 11 is 0. The number of ether oxygens (including phenoxy) is 6. The maximum absolute atomic E-state index is 12.4. The molecular formula is C41H40N2O12. The van der Waals surface area contributed by atoms with Crippen molar-refractivity contribution in [3.05, 3.63) is 96.6 Å². The van der Waals surface area contributed by atoms with E-state index in [9.17, 15) is 28.8 Å². The van der Waals surface area contributed by atoms with E-state index in [1.807, 2.05) is 25.1 Å². The van der Waals surface area contributed by atoms with Crippen LogP contribution in [0.25, 0.3) is 33.5 Å². The molecule has 0 saturated carbocycles. The Bertz CT molecular complexity index is 2090. The Labute approximate surface area is 317 Å². The van der Waals surface area contributed by atoms with E-state index in [0.29, 0.717) is 33.5 Å². The molecule has 0 bridgehead atoms. The highest BCUT2D eigenvalue weighted by Crippen LogP contribution is 2.33. The number of aryl methyl sites for hydroxylation is 1. The monoisotopic (exact) mass is 752 g/mol. The van der Waals surface area contributed by atoms with E-state index in [2.05, 4.69) is 13.2 Å². The molecule has 4 aromatic rings. The lowest BCUT2D eigenvalue weighted by molar-refractivity contribution is -0.151. The zero-order valence-corrected chi connectivity index (χ0v) is 30.7. The van der Waals surface area contributed by atoms with Gasteiger partial charge in [0, 0.05) is 22.3 Å². The van der Waals surface area contributed by atoms with Crippen LogP contribution in [0.5, 0.6) is 11.5 Å². The molecule has 0 aliphatic heterocycles. The summed E-state index contributed by atoms with van der Waals surface area (Å²) < 4.78 is 30.5. The van der Waals surface area contributed by atoms with Crippen molar-refractivity contribution in [1.29, 1.82) is 0 Å². The first-order valence-electron chi connectivity index (χ1n) is 17.2. The first-order chi connectivity index (χ1) is 26.3. The van der Waals surface area contributed by atoms with Crippen molar-refractivity contribution in [2.75, 3.05) is 26.4 Å². The largest absolute Gasteiger partial charge is 0.462 e. The van der Waals surface area contributed by atoms with Crippen LogP contribution in [0, 0.1) is 6.92 Å². The minimum atomic E-state index is -0.641. The molecule has 55 heavy (non-hydrogen) atoms. The average molecular weight is 753 g/mol. The number of hydrogen-bond donors (Lipinski definition) is 0. The van der Waals surface area contributed by atoms with Gasteiger partial charge in [0.1, 0.15) is 37.9 Å². The Morgan fingerprint density at radius 3 is 1.31 bits per heavy atom. The maximum Gasteiger partial charge on any atom is 0.333 e. The molecule has 0 N–H and O–H groups in total. The smallest absolute Gasteiger partial charge is 0.333 e. The second kappa shape index (κ2) is 19.9. The molecule has 0 fully saturated rings. The molecule has 0 spiro atoms. The molecule has 4 rings (SSSR count). The lowest BCUT2D eigenvalue weighted by Gasteiger charge is -2.12. The zero-order chi connectivity index (χ0) is 39.9. The van der Waals surface area contributed by atoms with Crippen LogP contribution in [-0.4, -0.2) is 72.2 Å². The van der Waals surface area contributed by atoms with Gasteiger partial charge in [-0.1, -0.05) is 19.2 Å². The van der Waals surface area contributed by atoms with Gasteiger partial charge in [0.15, 0.2) is 0 Å². The molecule has 0 radical (unpaired) electrons. The molecule has 0 saturated heterocycles. The molecule has 0 unspecified atom stereocenters. The Balaban J connectivity index is 1.36. The molecule has 1 heterocycles. The van der Waals surface area contributed by atoms with Gasteiger partial charge in [-0.3, -0.25) is 19.2 Å². The van der Waals surface area contributed by atoms with Crippen molar-refractivity contribution in [3.63, 3.8) is 0 Å². The minimum absolute atomic E-state index is 0.125. The van der Waals surface area contributed by atoms with Crippen LogP contribution >= 0.6 is 0 Å². The Kier molecular flexibility index (Phi) is 14.9. The third kappa shape index (κ3) is 13.0. The topological polar surface area (TPSA) is 184 Å². The molecule has 14 heteroatoms. The summed E-state index contributed by atoms with van der Waals surface area (Å²) in [6.45, 7) is 11.3. The summed E-state index contributed by atoms with van der Waals surface area (Å²) in [5, 5.41) is 0. The van der Waals surface area contributed by atoms with Gasteiger partial charge in [-0.2, -0.15) is 0 Å². The number of benzene rings is 3. The summed E-state index contributed by atoms with van der Waals surface area (Å²) in [6.07, 6.45) is -0.878. The predicted octanol–water partition coefficient (Wildman–Crippen LogP) is 5.97.